The van der Waals surface area contributed by atoms with E-state index in [1.807, 2.05) is 12.1 Å². The highest BCUT2D eigenvalue weighted by molar-refractivity contribution is 6.33. The Morgan fingerprint density at radius 2 is 2.14 bits per heavy atom. The summed E-state index contributed by atoms with van der Waals surface area (Å²) in [7, 11) is 1.73. The molecular formula is C17H27ClN2O. The summed E-state index contributed by atoms with van der Waals surface area (Å²) in [6.07, 6.45) is 2.57. The molecule has 0 spiro atoms. The average molecular weight is 311 g/mol. The number of benzene rings is 1. The number of halogens is 1. The van der Waals surface area contributed by atoms with Crippen LogP contribution in [0.15, 0.2) is 18.2 Å². The first-order valence-corrected chi connectivity index (χ1v) is 8.25. The predicted molar refractivity (Wildman–Crippen MR) is 90.2 cm³/mol. The fraction of sp³-hybridized carbons (Fsp3) is 0.647. The molecule has 1 aromatic carbocycles. The van der Waals surface area contributed by atoms with Crippen molar-refractivity contribution in [2.45, 2.75) is 39.3 Å². The topological polar surface area (TPSA) is 24.5 Å². The van der Waals surface area contributed by atoms with E-state index in [1.165, 1.54) is 24.1 Å². The Morgan fingerprint density at radius 3 is 2.76 bits per heavy atom. The van der Waals surface area contributed by atoms with E-state index in [0.29, 0.717) is 12.0 Å². The van der Waals surface area contributed by atoms with Crippen molar-refractivity contribution in [2.24, 2.45) is 5.92 Å². The molecular weight excluding hydrogens is 284 g/mol. The molecule has 0 amide bonds. The van der Waals surface area contributed by atoms with E-state index in [4.69, 9.17) is 16.3 Å². The summed E-state index contributed by atoms with van der Waals surface area (Å²) in [5.74, 6) is 0.635. The number of ether oxygens (including phenoxy) is 1. The van der Waals surface area contributed by atoms with Gasteiger partial charge in [-0.3, -0.25) is 0 Å². The maximum absolute atomic E-state index is 6.53. The maximum Gasteiger partial charge on any atom is 0.0643 e. The molecule has 0 aromatic heterocycles. The lowest BCUT2D eigenvalue weighted by Gasteiger charge is -2.30. The van der Waals surface area contributed by atoms with E-state index in [9.17, 15) is 0 Å². The van der Waals surface area contributed by atoms with Crippen molar-refractivity contribution >= 4 is 17.3 Å². The van der Waals surface area contributed by atoms with Crippen molar-refractivity contribution in [2.75, 3.05) is 31.7 Å². The summed E-state index contributed by atoms with van der Waals surface area (Å²) >= 11 is 6.53. The summed E-state index contributed by atoms with van der Waals surface area (Å²) in [4.78, 5) is 2.51. The van der Waals surface area contributed by atoms with E-state index in [0.717, 1.165) is 31.3 Å². The Morgan fingerprint density at radius 1 is 1.38 bits per heavy atom. The van der Waals surface area contributed by atoms with Crippen LogP contribution in [0, 0.1) is 5.92 Å². The van der Waals surface area contributed by atoms with Crippen molar-refractivity contribution in [3.05, 3.63) is 28.8 Å². The number of methoxy groups -OCH3 is 1. The Labute approximate surface area is 133 Å². The molecule has 2 rings (SSSR count). The molecule has 0 saturated heterocycles. The quantitative estimate of drug-likeness (QED) is 0.704. The van der Waals surface area contributed by atoms with E-state index in [2.05, 4.69) is 30.1 Å². The van der Waals surface area contributed by atoms with Crippen molar-refractivity contribution in [1.82, 2.24) is 5.32 Å². The maximum atomic E-state index is 6.53. The third-order valence-electron chi connectivity index (χ3n) is 3.71. The monoisotopic (exact) mass is 310 g/mol. The fourth-order valence-corrected chi connectivity index (χ4v) is 2.93. The molecule has 3 nitrogen and oxygen atoms in total. The number of nitrogens with zero attached hydrogens (tertiary/aromatic N) is 1. The van der Waals surface area contributed by atoms with Gasteiger partial charge in [-0.2, -0.15) is 0 Å². The van der Waals surface area contributed by atoms with E-state index < -0.39 is 0 Å². The third kappa shape index (κ3) is 4.87. The summed E-state index contributed by atoms with van der Waals surface area (Å²) in [5, 5.41) is 4.30. The predicted octanol–water partition coefficient (Wildman–Crippen LogP) is 3.70. The molecule has 0 atom stereocenters. The molecule has 0 radical (unpaired) electrons. The molecule has 4 heteroatoms. The van der Waals surface area contributed by atoms with Gasteiger partial charge in [0.05, 0.1) is 17.3 Å². The Balaban J connectivity index is 2.14. The Kier molecular flexibility index (Phi) is 6.34. The Bertz CT molecular complexity index is 446. The lowest BCUT2D eigenvalue weighted by atomic mass is 10.1. The second-order valence-electron chi connectivity index (χ2n) is 6.19. The van der Waals surface area contributed by atoms with Gasteiger partial charge in [0.1, 0.15) is 0 Å². The number of nitrogens with one attached hydrogen (secondary N) is 1. The van der Waals surface area contributed by atoms with Crippen LogP contribution in [0.2, 0.25) is 5.02 Å². The molecule has 118 valence electrons. The first-order chi connectivity index (χ1) is 10.1. The summed E-state index contributed by atoms with van der Waals surface area (Å²) in [6.45, 7) is 8.02. The van der Waals surface area contributed by atoms with E-state index in [-0.39, 0.29) is 0 Å². The molecule has 1 saturated carbocycles. The number of para-hydroxylation sites is 1. The number of hydrogen-bond acceptors (Lipinski definition) is 3. The lowest BCUT2D eigenvalue weighted by molar-refractivity contribution is 0.199. The number of anilines is 1. The van der Waals surface area contributed by atoms with Crippen molar-refractivity contribution < 1.29 is 4.74 Å². The van der Waals surface area contributed by atoms with Gasteiger partial charge in [0.25, 0.3) is 0 Å². The highest BCUT2D eigenvalue weighted by Gasteiger charge is 2.31. The minimum Gasteiger partial charge on any atom is -0.383 e. The molecule has 0 unspecified atom stereocenters. The zero-order valence-electron chi connectivity index (χ0n) is 13.4. The minimum atomic E-state index is 0.635. The van der Waals surface area contributed by atoms with Crippen LogP contribution in [0.5, 0.6) is 0 Å². The van der Waals surface area contributed by atoms with E-state index in [1.54, 1.807) is 7.11 Å². The molecule has 21 heavy (non-hydrogen) atoms. The molecule has 1 aliphatic carbocycles. The van der Waals surface area contributed by atoms with Crippen LogP contribution in [0.4, 0.5) is 5.69 Å². The second kappa shape index (κ2) is 8.02. The molecule has 1 aliphatic rings. The van der Waals surface area contributed by atoms with Crippen LogP contribution >= 0.6 is 11.6 Å². The zero-order chi connectivity index (χ0) is 15.2. The molecule has 1 N–H and O–H groups in total. The van der Waals surface area contributed by atoms with Crippen LogP contribution in [0.3, 0.4) is 0 Å². The van der Waals surface area contributed by atoms with Gasteiger partial charge in [-0.25, -0.2) is 0 Å². The zero-order valence-corrected chi connectivity index (χ0v) is 14.1. The largest absolute Gasteiger partial charge is 0.383 e. The smallest absolute Gasteiger partial charge is 0.0643 e. The first kappa shape index (κ1) is 16.6. The third-order valence-corrected chi connectivity index (χ3v) is 4.01. The minimum absolute atomic E-state index is 0.635. The van der Waals surface area contributed by atoms with Gasteiger partial charge >= 0.3 is 0 Å². The van der Waals surface area contributed by atoms with Crippen LogP contribution in [-0.4, -0.2) is 32.8 Å². The standard InChI is InChI=1S/C17H27ClN2O/c1-13(2)12-20(15-7-8-15)17-14(5-4-6-16(17)18)11-19-9-10-21-3/h4-6,13,15,19H,7-12H2,1-3H3. The van der Waals surface area contributed by atoms with Gasteiger partial charge in [-0.1, -0.05) is 37.6 Å². The normalized spacial score (nSPS) is 14.7. The fourth-order valence-electron chi connectivity index (χ4n) is 2.62. The number of rotatable bonds is 9. The molecule has 0 heterocycles. The summed E-state index contributed by atoms with van der Waals surface area (Å²) in [5.41, 5.74) is 2.51. The summed E-state index contributed by atoms with van der Waals surface area (Å²) in [6, 6.07) is 6.90. The van der Waals surface area contributed by atoms with Gasteiger partial charge in [0, 0.05) is 32.8 Å². The van der Waals surface area contributed by atoms with Crippen molar-refractivity contribution in [1.29, 1.82) is 0 Å². The van der Waals surface area contributed by atoms with Gasteiger partial charge in [-0.05, 0) is 30.4 Å². The van der Waals surface area contributed by atoms with Crippen molar-refractivity contribution in [3.63, 3.8) is 0 Å². The molecule has 0 aliphatic heterocycles. The van der Waals surface area contributed by atoms with Gasteiger partial charge < -0.3 is 15.0 Å². The van der Waals surface area contributed by atoms with Crippen molar-refractivity contribution in [3.8, 4) is 0 Å². The van der Waals surface area contributed by atoms with Crippen LogP contribution < -0.4 is 10.2 Å². The SMILES string of the molecule is COCCNCc1cccc(Cl)c1N(CC(C)C)C1CC1. The second-order valence-corrected chi connectivity index (χ2v) is 6.60. The van der Waals surface area contributed by atoms with Gasteiger partial charge in [0.15, 0.2) is 0 Å². The summed E-state index contributed by atoms with van der Waals surface area (Å²) < 4.78 is 5.08. The highest BCUT2D eigenvalue weighted by atomic mass is 35.5. The van der Waals surface area contributed by atoms with E-state index >= 15 is 0 Å². The van der Waals surface area contributed by atoms with Gasteiger partial charge in [-0.15, -0.1) is 0 Å². The Hall–Kier alpha value is -0.770. The van der Waals surface area contributed by atoms with Crippen LogP contribution in [0.25, 0.3) is 0 Å². The average Bonchev–Trinajstić information content (AvgIpc) is 3.26. The highest BCUT2D eigenvalue weighted by Crippen LogP contribution is 2.38. The molecule has 1 aromatic rings. The number of hydrogen-bond donors (Lipinski definition) is 1. The van der Waals surface area contributed by atoms with Crippen LogP contribution in [-0.2, 0) is 11.3 Å². The van der Waals surface area contributed by atoms with Gasteiger partial charge in [0.2, 0.25) is 0 Å². The molecule has 1 fully saturated rings. The lowest BCUT2D eigenvalue weighted by Crippen LogP contribution is -2.31. The molecule has 0 bridgehead atoms. The first-order valence-electron chi connectivity index (χ1n) is 7.87. The van der Waals surface area contributed by atoms with Crippen LogP contribution in [0.1, 0.15) is 32.3 Å².